The lowest BCUT2D eigenvalue weighted by molar-refractivity contribution is 0.436. The van der Waals surface area contributed by atoms with Gasteiger partial charge in [-0.2, -0.15) is 0 Å². The molecule has 1 saturated heterocycles. The van der Waals surface area contributed by atoms with E-state index in [1.165, 1.54) is 6.54 Å². The Kier molecular flexibility index (Phi) is 1.57. The van der Waals surface area contributed by atoms with E-state index in [9.17, 15) is 0 Å². The van der Waals surface area contributed by atoms with E-state index < -0.39 is 0 Å². The van der Waals surface area contributed by atoms with E-state index in [4.69, 9.17) is 0 Å². The summed E-state index contributed by atoms with van der Waals surface area (Å²) >= 11 is 0. The molecule has 0 saturated carbocycles. The monoisotopic (exact) mass is 113 g/mol. The molecule has 1 heteroatoms. The molecule has 0 spiro atoms. The van der Waals surface area contributed by atoms with Gasteiger partial charge < -0.3 is 5.32 Å². The molecule has 0 aromatic carbocycles. The first-order valence-corrected chi connectivity index (χ1v) is 3.45. The highest BCUT2D eigenvalue weighted by molar-refractivity contribution is 4.81. The summed E-state index contributed by atoms with van der Waals surface area (Å²) in [6.45, 7) is 8.09. The van der Waals surface area contributed by atoms with Gasteiger partial charge in [0.1, 0.15) is 0 Å². The number of rotatable bonds is 0. The van der Waals surface area contributed by atoms with Gasteiger partial charge in [-0.3, -0.25) is 0 Å². The molecule has 3 atom stereocenters. The van der Waals surface area contributed by atoms with Crippen LogP contribution in [0.4, 0.5) is 0 Å². The second kappa shape index (κ2) is 2.06. The molecule has 48 valence electrons. The third kappa shape index (κ3) is 0.873. The van der Waals surface area contributed by atoms with Crippen molar-refractivity contribution in [1.82, 2.24) is 5.32 Å². The van der Waals surface area contributed by atoms with Gasteiger partial charge in [0, 0.05) is 6.04 Å². The van der Waals surface area contributed by atoms with Gasteiger partial charge in [-0.05, 0) is 25.3 Å². The summed E-state index contributed by atoms with van der Waals surface area (Å²) in [6.07, 6.45) is 0. The zero-order valence-electron chi connectivity index (χ0n) is 5.94. The van der Waals surface area contributed by atoms with E-state index in [2.05, 4.69) is 26.1 Å². The molecule has 0 aromatic heterocycles. The maximum atomic E-state index is 3.42. The zero-order chi connectivity index (χ0) is 6.15. The van der Waals surface area contributed by atoms with Crippen molar-refractivity contribution in [2.45, 2.75) is 26.8 Å². The van der Waals surface area contributed by atoms with Crippen molar-refractivity contribution in [2.75, 3.05) is 6.54 Å². The normalized spacial score (nSPS) is 47.6. The van der Waals surface area contributed by atoms with Crippen LogP contribution in [-0.2, 0) is 0 Å². The first-order chi connectivity index (χ1) is 3.72. The van der Waals surface area contributed by atoms with Crippen LogP contribution in [0.2, 0.25) is 0 Å². The van der Waals surface area contributed by atoms with Crippen LogP contribution in [0.25, 0.3) is 0 Å². The molecule has 1 heterocycles. The maximum Gasteiger partial charge on any atom is 0.00674 e. The third-order valence-corrected chi connectivity index (χ3v) is 2.45. The Balaban J connectivity index is 2.44. The van der Waals surface area contributed by atoms with E-state index in [-0.39, 0.29) is 0 Å². The number of hydrogen-bond acceptors (Lipinski definition) is 1. The molecular weight excluding hydrogens is 98.1 g/mol. The fourth-order valence-corrected chi connectivity index (χ4v) is 1.24. The Morgan fingerprint density at radius 1 is 1.25 bits per heavy atom. The van der Waals surface area contributed by atoms with E-state index in [0.29, 0.717) is 0 Å². The molecule has 8 heavy (non-hydrogen) atoms. The van der Waals surface area contributed by atoms with Crippen LogP contribution < -0.4 is 5.32 Å². The lowest BCUT2D eigenvalue weighted by atomic mass is 9.95. The number of nitrogens with one attached hydrogen (secondary N) is 1. The van der Waals surface area contributed by atoms with Gasteiger partial charge in [-0.25, -0.2) is 0 Å². The Morgan fingerprint density at radius 2 is 1.88 bits per heavy atom. The first-order valence-electron chi connectivity index (χ1n) is 3.45. The fraction of sp³-hybridized carbons (Fsp3) is 1.00. The van der Waals surface area contributed by atoms with Crippen molar-refractivity contribution in [3.63, 3.8) is 0 Å². The SMILES string of the molecule is C[C@H]1[C@H](C)CN[C@@H]1C. The summed E-state index contributed by atoms with van der Waals surface area (Å²) < 4.78 is 0. The molecule has 1 aliphatic rings. The van der Waals surface area contributed by atoms with Gasteiger partial charge >= 0.3 is 0 Å². The topological polar surface area (TPSA) is 12.0 Å². The van der Waals surface area contributed by atoms with Gasteiger partial charge in [0.05, 0.1) is 0 Å². The van der Waals surface area contributed by atoms with Gasteiger partial charge in [-0.15, -0.1) is 0 Å². The van der Waals surface area contributed by atoms with Crippen molar-refractivity contribution in [3.8, 4) is 0 Å². The summed E-state index contributed by atoms with van der Waals surface area (Å²) in [5, 5.41) is 3.42. The predicted molar refractivity (Wildman–Crippen MR) is 35.8 cm³/mol. The van der Waals surface area contributed by atoms with Gasteiger partial charge in [0.15, 0.2) is 0 Å². The molecular formula is C7H15N. The highest BCUT2D eigenvalue weighted by Gasteiger charge is 2.24. The Labute approximate surface area is 51.5 Å². The first kappa shape index (κ1) is 6.09. The second-order valence-corrected chi connectivity index (χ2v) is 3.03. The van der Waals surface area contributed by atoms with Crippen LogP contribution in [0, 0.1) is 11.8 Å². The van der Waals surface area contributed by atoms with Crippen LogP contribution in [0.3, 0.4) is 0 Å². The van der Waals surface area contributed by atoms with E-state index in [1.54, 1.807) is 0 Å². The predicted octanol–water partition coefficient (Wildman–Crippen LogP) is 1.25. The molecule has 0 aliphatic carbocycles. The molecule has 0 aromatic rings. The average molecular weight is 113 g/mol. The summed E-state index contributed by atoms with van der Waals surface area (Å²) in [5.41, 5.74) is 0. The molecule has 1 fully saturated rings. The van der Waals surface area contributed by atoms with Crippen LogP contribution in [-0.4, -0.2) is 12.6 Å². The van der Waals surface area contributed by atoms with Crippen molar-refractivity contribution >= 4 is 0 Å². The molecule has 0 bridgehead atoms. The summed E-state index contributed by atoms with van der Waals surface area (Å²) in [5.74, 6) is 1.75. The highest BCUT2D eigenvalue weighted by Crippen LogP contribution is 2.19. The van der Waals surface area contributed by atoms with Gasteiger partial charge in [0.2, 0.25) is 0 Å². The van der Waals surface area contributed by atoms with E-state index in [0.717, 1.165) is 17.9 Å². The number of hydrogen-bond donors (Lipinski definition) is 1. The molecule has 1 N–H and O–H groups in total. The van der Waals surface area contributed by atoms with Crippen LogP contribution in [0.5, 0.6) is 0 Å². The Morgan fingerprint density at radius 3 is 2.00 bits per heavy atom. The lowest BCUT2D eigenvalue weighted by Crippen LogP contribution is -2.20. The van der Waals surface area contributed by atoms with E-state index >= 15 is 0 Å². The highest BCUT2D eigenvalue weighted by atomic mass is 14.9. The molecule has 1 rings (SSSR count). The molecule has 0 amide bonds. The van der Waals surface area contributed by atoms with Crippen LogP contribution in [0.1, 0.15) is 20.8 Å². The fourth-order valence-electron chi connectivity index (χ4n) is 1.24. The summed E-state index contributed by atoms with van der Waals surface area (Å²) in [4.78, 5) is 0. The minimum atomic E-state index is 0.741. The molecule has 1 aliphatic heterocycles. The molecule has 0 radical (unpaired) electrons. The lowest BCUT2D eigenvalue weighted by Gasteiger charge is -2.10. The minimum Gasteiger partial charge on any atom is -0.314 e. The summed E-state index contributed by atoms with van der Waals surface area (Å²) in [6, 6.07) is 0.741. The van der Waals surface area contributed by atoms with Crippen molar-refractivity contribution in [2.24, 2.45) is 11.8 Å². The maximum absolute atomic E-state index is 3.42. The van der Waals surface area contributed by atoms with Crippen molar-refractivity contribution < 1.29 is 0 Å². The second-order valence-electron chi connectivity index (χ2n) is 3.03. The van der Waals surface area contributed by atoms with Crippen LogP contribution in [0.15, 0.2) is 0 Å². The zero-order valence-corrected chi connectivity index (χ0v) is 5.94. The largest absolute Gasteiger partial charge is 0.314 e. The molecule has 1 nitrogen and oxygen atoms in total. The standard InChI is InChI=1S/C7H15N/c1-5-4-8-7(3)6(5)2/h5-8H,4H2,1-3H3/t5-,6+,7-/m1/s1. The smallest absolute Gasteiger partial charge is 0.00674 e. The van der Waals surface area contributed by atoms with Gasteiger partial charge in [-0.1, -0.05) is 13.8 Å². The van der Waals surface area contributed by atoms with Crippen molar-refractivity contribution in [3.05, 3.63) is 0 Å². The summed E-state index contributed by atoms with van der Waals surface area (Å²) in [7, 11) is 0. The minimum absolute atomic E-state index is 0.741. The molecule has 0 unspecified atom stereocenters. The quantitative estimate of drug-likeness (QED) is 0.498. The Bertz CT molecular complexity index is 70.5. The van der Waals surface area contributed by atoms with E-state index in [1.807, 2.05) is 0 Å². The van der Waals surface area contributed by atoms with Crippen LogP contribution >= 0.6 is 0 Å². The Hall–Kier alpha value is -0.0400. The average Bonchev–Trinajstić information content (AvgIpc) is 1.98. The van der Waals surface area contributed by atoms with Gasteiger partial charge in [0.25, 0.3) is 0 Å². The third-order valence-electron chi connectivity index (χ3n) is 2.45. The van der Waals surface area contributed by atoms with Crippen molar-refractivity contribution in [1.29, 1.82) is 0 Å².